The van der Waals surface area contributed by atoms with Crippen molar-refractivity contribution in [3.05, 3.63) is 82.8 Å². The smallest absolute Gasteiger partial charge is 0.343 e. The van der Waals surface area contributed by atoms with Gasteiger partial charge in [0, 0.05) is 16.7 Å². The Balaban J connectivity index is 1.97. The summed E-state index contributed by atoms with van der Waals surface area (Å²) in [4.78, 5) is 23.3. The van der Waals surface area contributed by atoms with Crippen LogP contribution in [0.25, 0.3) is 0 Å². The van der Waals surface area contributed by atoms with Gasteiger partial charge in [0.1, 0.15) is 5.82 Å². The summed E-state index contributed by atoms with van der Waals surface area (Å²) in [7, 11) is 0. The SMILES string of the molecule is O=C(/C=C/OC(=O)c1cccc(F)c1)c1ccc(Cl)cc1. The number of ketones is 1. The predicted octanol–water partition coefficient (Wildman–Crippen LogP) is 4.03. The van der Waals surface area contributed by atoms with Crippen molar-refractivity contribution in [3.8, 4) is 0 Å². The van der Waals surface area contributed by atoms with Crippen molar-refractivity contribution in [2.75, 3.05) is 0 Å². The summed E-state index contributed by atoms with van der Waals surface area (Å²) in [5.41, 5.74) is 0.482. The minimum Gasteiger partial charge on any atom is -0.431 e. The maximum absolute atomic E-state index is 12.9. The van der Waals surface area contributed by atoms with Crippen LogP contribution in [-0.4, -0.2) is 11.8 Å². The zero-order valence-corrected chi connectivity index (χ0v) is 11.5. The van der Waals surface area contributed by atoms with Crippen molar-refractivity contribution < 1.29 is 18.7 Å². The molecule has 3 nitrogen and oxygen atoms in total. The molecular weight excluding hydrogens is 295 g/mol. The first-order valence-corrected chi connectivity index (χ1v) is 6.37. The molecule has 0 radical (unpaired) electrons. The number of allylic oxidation sites excluding steroid dienone is 1. The number of carbonyl (C=O) groups is 2. The maximum atomic E-state index is 12.9. The van der Waals surface area contributed by atoms with Gasteiger partial charge in [0.25, 0.3) is 0 Å². The summed E-state index contributed by atoms with van der Waals surface area (Å²) in [6.45, 7) is 0. The quantitative estimate of drug-likeness (QED) is 0.371. The number of rotatable bonds is 4. The molecule has 21 heavy (non-hydrogen) atoms. The van der Waals surface area contributed by atoms with E-state index in [1.54, 1.807) is 24.3 Å². The fourth-order valence-electron chi connectivity index (χ4n) is 1.55. The van der Waals surface area contributed by atoms with Gasteiger partial charge in [-0.05, 0) is 42.5 Å². The molecule has 0 bridgehead atoms. The minimum atomic E-state index is -0.741. The molecule has 0 unspecified atom stereocenters. The summed E-state index contributed by atoms with van der Waals surface area (Å²) in [6, 6.07) is 11.4. The molecule has 2 rings (SSSR count). The number of ether oxygens (including phenoxy) is 1. The molecule has 0 saturated carbocycles. The summed E-state index contributed by atoms with van der Waals surface area (Å²) in [5, 5.41) is 0.521. The van der Waals surface area contributed by atoms with Crippen molar-refractivity contribution in [2.45, 2.75) is 0 Å². The highest BCUT2D eigenvalue weighted by Gasteiger charge is 2.07. The zero-order valence-electron chi connectivity index (χ0n) is 10.8. The number of benzene rings is 2. The van der Waals surface area contributed by atoms with Gasteiger partial charge in [-0.25, -0.2) is 9.18 Å². The van der Waals surface area contributed by atoms with Gasteiger partial charge in [-0.3, -0.25) is 4.79 Å². The Hall–Kier alpha value is -2.46. The molecule has 2 aromatic rings. The van der Waals surface area contributed by atoms with Crippen LogP contribution in [0.5, 0.6) is 0 Å². The molecular formula is C16H10ClFO3. The third-order valence-electron chi connectivity index (χ3n) is 2.58. The largest absolute Gasteiger partial charge is 0.431 e. The molecule has 0 spiro atoms. The van der Waals surface area contributed by atoms with E-state index in [2.05, 4.69) is 0 Å². The van der Waals surface area contributed by atoms with Gasteiger partial charge in [-0.15, -0.1) is 0 Å². The molecule has 0 amide bonds. The molecule has 0 fully saturated rings. The number of hydrogen-bond acceptors (Lipinski definition) is 3. The average molecular weight is 305 g/mol. The molecule has 106 valence electrons. The Morgan fingerprint density at radius 2 is 1.76 bits per heavy atom. The summed E-state index contributed by atoms with van der Waals surface area (Å²) in [5.74, 6) is -1.61. The predicted molar refractivity (Wildman–Crippen MR) is 76.7 cm³/mol. The topological polar surface area (TPSA) is 43.4 Å². The second-order valence-corrected chi connectivity index (χ2v) is 4.53. The molecule has 5 heteroatoms. The maximum Gasteiger partial charge on any atom is 0.343 e. The van der Waals surface area contributed by atoms with Crippen LogP contribution in [0.4, 0.5) is 4.39 Å². The van der Waals surface area contributed by atoms with Gasteiger partial charge in [0.05, 0.1) is 11.8 Å². The zero-order chi connectivity index (χ0) is 15.2. The number of halogens is 2. The highest BCUT2D eigenvalue weighted by molar-refractivity contribution is 6.30. The average Bonchev–Trinajstić information content (AvgIpc) is 2.47. The molecule has 0 aliphatic heterocycles. The number of esters is 1. The van der Waals surface area contributed by atoms with Gasteiger partial charge in [0.2, 0.25) is 0 Å². The van der Waals surface area contributed by atoms with Crippen LogP contribution in [0, 0.1) is 5.82 Å². The fourth-order valence-corrected chi connectivity index (χ4v) is 1.68. The lowest BCUT2D eigenvalue weighted by molar-refractivity contribution is 0.0662. The van der Waals surface area contributed by atoms with Gasteiger partial charge in [0.15, 0.2) is 5.78 Å². The van der Waals surface area contributed by atoms with E-state index in [1.165, 1.54) is 18.2 Å². The van der Waals surface area contributed by atoms with E-state index in [0.717, 1.165) is 18.4 Å². The highest BCUT2D eigenvalue weighted by Crippen LogP contribution is 2.10. The number of hydrogen-bond donors (Lipinski definition) is 0. The molecule has 0 atom stereocenters. The van der Waals surface area contributed by atoms with Crippen molar-refractivity contribution in [1.82, 2.24) is 0 Å². The van der Waals surface area contributed by atoms with Crippen LogP contribution in [-0.2, 0) is 4.74 Å². The second kappa shape index (κ2) is 6.81. The van der Waals surface area contributed by atoms with E-state index in [0.29, 0.717) is 10.6 Å². The third kappa shape index (κ3) is 4.26. The Kier molecular flexibility index (Phi) is 4.85. The second-order valence-electron chi connectivity index (χ2n) is 4.09. The lowest BCUT2D eigenvalue weighted by Crippen LogP contribution is -2.02. The molecule has 0 aliphatic rings. The molecule has 0 N–H and O–H groups in total. The van der Waals surface area contributed by atoms with E-state index in [1.807, 2.05) is 0 Å². The first kappa shape index (κ1) is 14.9. The van der Waals surface area contributed by atoms with Crippen LogP contribution in [0.2, 0.25) is 5.02 Å². The summed E-state index contributed by atoms with van der Waals surface area (Å²) >= 11 is 5.71. The first-order valence-electron chi connectivity index (χ1n) is 5.99. The number of carbonyl (C=O) groups excluding carboxylic acids is 2. The Morgan fingerprint density at radius 1 is 1.05 bits per heavy atom. The van der Waals surface area contributed by atoms with Crippen LogP contribution in [0.3, 0.4) is 0 Å². The first-order chi connectivity index (χ1) is 10.1. The van der Waals surface area contributed by atoms with E-state index in [9.17, 15) is 14.0 Å². The van der Waals surface area contributed by atoms with E-state index in [4.69, 9.17) is 16.3 Å². The van der Waals surface area contributed by atoms with Gasteiger partial charge < -0.3 is 4.74 Å². The molecule has 2 aromatic carbocycles. The normalized spacial score (nSPS) is 10.6. The Labute approximate surface area is 125 Å². The Morgan fingerprint density at radius 3 is 2.43 bits per heavy atom. The minimum absolute atomic E-state index is 0.0681. The monoisotopic (exact) mass is 304 g/mol. The lowest BCUT2D eigenvalue weighted by atomic mass is 10.1. The Bertz CT molecular complexity index is 693. The van der Waals surface area contributed by atoms with E-state index < -0.39 is 11.8 Å². The van der Waals surface area contributed by atoms with E-state index >= 15 is 0 Å². The van der Waals surface area contributed by atoms with Crippen molar-refractivity contribution in [1.29, 1.82) is 0 Å². The molecule has 0 heterocycles. The van der Waals surface area contributed by atoms with Crippen molar-refractivity contribution in [3.63, 3.8) is 0 Å². The van der Waals surface area contributed by atoms with E-state index in [-0.39, 0.29) is 11.3 Å². The lowest BCUT2D eigenvalue weighted by Gasteiger charge is -1.99. The standard InChI is InChI=1S/C16H10ClFO3/c17-13-6-4-11(5-7-13)15(19)8-9-21-16(20)12-2-1-3-14(18)10-12/h1-10H/b9-8+. The van der Waals surface area contributed by atoms with Gasteiger partial charge in [-0.1, -0.05) is 17.7 Å². The van der Waals surface area contributed by atoms with Crippen molar-refractivity contribution >= 4 is 23.4 Å². The van der Waals surface area contributed by atoms with Gasteiger partial charge >= 0.3 is 5.97 Å². The van der Waals surface area contributed by atoms with Gasteiger partial charge in [-0.2, -0.15) is 0 Å². The molecule has 0 aromatic heterocycles. The van der Waals surface area contributed by atoms with Crippen LogP contribution >= 0.6 is 11.6 Å². The fraction of sp³-hybridized carbons (Fsp3) is 0. The van der Waals surface area contributed by atoms with Crippen molar-refractivity contribution in [2.24, 2.45) is 0 Å². The van der Waals surface area contributed by atoms with Crippen LogP contribution < -0.4 is 0 Å². The summed E-state index contributed by atoms with van der Waals surface area (Å²) in [6.07, 6.45) is 2.09. The highest BCUT2D eigenvalue weighted by atomic mass is 35.5. The molecule has 0 saturated heterocycles. The van der Waals surface area contributed by atoms with Crippen LogP contribution in [0.15, 0.2) is 60.9 Å². The molecule has 0 aliphatic carbocycles. The summed E-state index contributed by atoms with van der Waals surface area (Å²) < 4.78 is 17.7. The van der Waals surface area contributed by atoms with Crippen LogP contribution in [0.1, 0.15) is 20.7 Å². The third-order valence-corrected chi connectivity index (χ3v) is 2.84.